The minimum Gasteiger partial charge on any atom is -0.349 e. The van der Waals surface area contributed by atoms with E-state index in [1.165, 1.54) is 9.56 Å². The van der Waals surface area contributed by atoms with Crippen LogP contribution in [0.2, 0.25) is 0 Å². The Morgan fingerprint density at radius 2 is 2.15 bits per heavy atom. The molecule has 0 atom stereocenters. The van der Waals surface area contributed by atoms with Crippen molar-refractivity contribution >= 4 is 33.0 Å². The molecule has 4 rings (SSSR count). The van der Waals surface area contributed by atoms with Crippen molar-refractivity contribution in [2.24, 2.45) is 0 Å². The summed E-state index contributed by atoms with van der Waals surface area (Å²) in [6.45, 7) is 2.30. The van der Waals surface area contributed by atoms with E-state index in [4.69, 9.17) is 0 Å². The normalized spacial score (nSPS) is 11.3. The van der Waals surface area contributed by atoms with Crippen molar-refractivity contribution in [1.29, 1.82) is 0 Å². The summed E-state index contributed by atoms with van der Waals surface area (Å²) in [4.78, 5) is 30.2. The molecule has 4 aromatic rings. The molecule has 0 saturated carbocycles. The molecule has 132 valence electrons. The number of aryl methyl sites for hydroxylation is 1. The Morgan fingerprint density at radius 3 is 2.92 bits per heavy atom. The fraction of sp³-hybridized carbons (Fsp3) is 0.222. The van der Waals surface area contributed by atoms with E-state index in [-0.39, 0.29) is 18.0 Å². The zero-order chi connectivity index (χ0) is 18.1. The third-order valence-electron chi connectivity index (χ3n) is 4.17. The van der Waals surface area contributed by atoms with Crippen molar-refractivity contribution in [3.63, 3.8) is 0 Å². The second-order valence-corrected chi connectivity index (χ2v) is 7.08. The Bertz CT molecular complexity index is 1140. The van der Waals surface area contributed by atoms with E-state index in [9.17, 15) is 9.59 Å². The molecular formula is C18H17N5O2S. The van der Waals surface area contributed by atoms with Crippen LogP contribution in [-0.2, 0) is 24.3 Å². The monoisotopic (exact) mass is 367 g/mol. The van der Waals surface area contributed by atoms with Gasteiger partial charge in [0.05, 0.1) is 22.5 Å². The number of nitrogens with one attached hydrogen (secondary N) is 1. The van der Waals surface area contributed by atoms with Crippen molar-refractivity contribution in [1.82, 2.24) is 24.5 Å². The van der Waals surface area contributed by atoms with E-state index >= 15 is 0 Å². The van der Waals surface area contributed by atoms with Crippen molar-refractivity contribution in [3.8, 4) is 0 Å². The van der Waals surface area contributed by atoms with Crippen LogP contribution < -0.4 is 10.9 Å². The van der Waals surface area contributed by atoms with Crippen LogP contribution in [0.15, 0.2) is 47.7 Å². The highest BCUT2D eigenvalue weighted by molar-refractivity contribution is 7.19. The molecule has 1 amide bonds. The number of hydrogen-bond acceptors (Lipinski definition) is 5. The van der Waals surface area contributed by atoms with Gasteiger partial charge >= 0.3 is 0 Å². The van der Waals surface area contributed by atoms with Gasteiger partial charge in [0, 0.05) is 11.1 Å². The highest BCUT2D eigenvalue weighted by atomic mass is 32.1. The highest BCUT2D eigenvalue weighted by Crippen LogP contribution is 2.27. The minimum absolute atomic E-state index is 0.124. The Balaban J connectivity index is 1.55. The standard InChI is InChI=1S/C18H17N5O2S/c1-2-13-7-14-16(26-13)8-15-18(25)23(21-11-22(14)15)10-17(24)20-9-12-5-3-4-6-19-12/h3-8,11H,2,9-10H2,1H3,(H,20,24). The summed E-state index contributed by atoms with van der Waals surface area (Å²) in [5, 5.41) is 6.91. The van der Waals surface area contributed by atoms with Gasteiger partial charge in [0.25, 0.3) is 5.56 Å². The summed E-state index contributed by atoms with van der Waals surface area (Å²) < 4.78 is 4.03. The minimum atomic E-state index is -0.281. The van der Waals surface area contributed by atoms with E-state index in [0.717, 1.165) is 22.3 Å². The van der Waals surface area contributed by atoms with Gasteiger partial charge in [0.2, 0.25) is 5.91 Å². The summed E-state index contributed by atoms with van der Waals surface area (Å²) in [7, 11) is 0. The van der Waals surface area contributed by atoms with Crippen LogP contribution in [0.25, 0.3) is 15.7 Å². The Morgan fingerprint density at radius 1 is 1.27 bits per heavy atom. The molecule has 4 aromatic heterocycles. The molecule has 0 bridgehead atoms. The van der Waals surface area contributed by atoms with Gasteiger partial charge in [-0.2, -0.15) is 5.10 Å². The topological polar surface area (TPSA) is 81.3 Å². The van der Waals surface area contributed by atoms with E-state index in [0.29, 0.717) is 12.1 Å². The van der Waals surface area contributed by atoms with Gasteiger partial charge < -0.3 is 5.32 Å². The van der Waals surface area contributed by atoms with Gasteiger partial charge in [-0.1, -0.05) is 13.0 Å². The summed E-state index contributed by atoms with van der Waals surface area (Å²) >= 11 is 1.67. The predicted octanol–water partition coefficient (Wildman–Crippen LogP) is 1.98. The maximum absolute atomic E-state index is 12.7. The first kappa shape index (κ1) is 16.5. The lowest BCUT2D eigenvalue weighted by atomic mass is 10.3. The van der Waals surface area contributed by atoms with Gasteiger partial charge in [0.15, 0.2) is 0 Å². The first-order valence-corrected chi connectivity index (χ1v) is 9.13. The van der Waals surface area contributed by atoms with Crippen molar-refractivity contribution in [3.05, 3.63) is 63.8 Å². The van der Waals surface area contributed by atoms with Gasteiger partial charge in [-0.3, -0.25) is 19.0 Å². The smallest absolute Gasteiger partial charge is 0.291 e. The predicted molar refractivity (Wildman–Crippen MR) is 100 cm³/mol. The molecule has 0 aliphatic rings. The molecule has 4 heterocycles. The van der Waals surface area contributed by atoms with E-state index in [2.05, 4.69) is 28.4 Å². The van der Waals surface area contributed by atoms with Gasteiger partial charge in [-0.25, -0.2) is 4.68 Å². The maximum atomic E-state index is 12.7. The number of rotatable bonds is 5. The van der Waals surface area contributed by atoms with Crippen molar-refractivity contribution in [2.75, 3.05) is 0 Å². The fourth-order valence-electron chi connectivity index (χ4n) is 2.82. The number of nitrogens with zero attached hydrogens (tertiary/aromatic N) is 4. The van der Waals surface area contributed by atoms with Gasteiger partial charge in [-0.05, 0) is 30.7 Å². The van der Waals surface area contributed by atoms with Gasteiger partial charge in [0.1, 0.15) is 18.4 Å². The molecule has 0 aliphatic heterocycles. The number of amides is 1. The second-order valence-electron chi connectivity index (χ2n) is 5.91. The van der Waals surface area contributed by atoms with Crippen LogP contribution in [0.1, 0.15) is 17.5 Å². The average molecular weight is 367 g/mol. The molecular weight excluding hydrogens is 350 g/mol. The summed E-state index contributed by atoms with van der Waals surface area (Å²) in [5.74, 6) is -0.281. The van der Waals surface area contributed by atoms with Crippen LogP contribution in [0, 0.1) is 0 Å². The van der Waals surface area contributed by atoms with Gasteiger partial charge in [-0.15, -0.1) is 11.3 Å². The molecule has 26 heavy (non-hydrogen) atoms. The quantitative estimate of drug-likeness (QED) is 0.585. The molecule has 0 spiro atoms. The van der Waals surface area contributed by atoms with E-state index in [1.807, 2.05) is 24.3 Å². The molecule has 0 aliphatic carbocycles. The zero-order valence-corrected chi connectivity index (χ0v) is 15.0. The lowest BCUT2D eigenvalue weighted by molar-refractivity contribution is -0.122. The van der Waals surface area contributed by atoms with Crippen molar-refractivity contribution < 1.29 is 4.79 Å². The third-order valence-corrected chi connectivity index (χ3v) is 5.39. The molecule has 7 nitrogen and oxygen atoms in total. The zero-order valence-electron chi connectivity index (χ0n) is 14.2. The number of carbonyl (C=O) groups is 1. The van der Waals surface area contributed by atoms with Crippen LogP contribution >= 0.6 is 11.3 Å². The lowest BCUT2D eigenvalue weighted by Crippen LogP contribution is -2.34. The third kappa shape index (κ3) is 2.99. The number of pyridine rings is 1. The van der Waals surface area contributed by atoms with Crippen LogP contribution in [0.5, 0.6) is 0 Å². The first-order chi connectivity index (χ1) is 12.7. The van der Waals surface area contributed by atoms with Crippen LogP contribution in [0.4, 0.5) is 0 Å². The highest BCUT2D eigenvalue weighted by Gasteiger charge is 2.13. The fourth-order valence-corrected chi connectivity index (χ4v) is 3.85. The molecule has 0 radical (unpaired) electrons. The van der Waals surface area contributed by atoms with Crippen molar-refractivity contribution in [2.45, 2.75) is 26.4 Å². The molecule has 0 unspecified atom stereocenters. The summed E-state index contributed by atoms with van der Waals surface area (Å²) in [6.07, 6.45) is 4.23. The molecule has 0 fully saturated rings. The molecule has 1 N–H and O–H groups in total. The summed E-state index contributed by atoms with van der Waals surface area (Å²) in [6, 6.07) is 9.45. The summed E-state index contributed by atoms with van der Waals surface area (Å²) in [5.41, 5.74) is 2.00. The Hall–Kier alpha value is -3.00. The average Bonchev–Trinajstić information content (AvgIpc) is 3.21. The van der Waals surface area contributed by atoms with E-state index < -0.39 is 0 Å². The van der Waals surface area contributed by atoms with Crippen LogP contribution in [-0.4, -0.2) is 25.1 Å². The largest absolute Gasteiger partial charge is 0.349 e. The Kier molecular flexibility index (Phi) is 4.26. The second kappa shape index (κ2) is 6.72. The van der Waals surface area contributed by atoms with Crippen LogP contribution in [0.3, 0.4) is 0 Å². The molecule has 0 saturated heterocycles. The SMILES string of the molecule is CCc1cc2c(cc3c(=O)n(CC(=O)NCc4ccccn4)ncn32)s1. The number of thiophene rings is 1. The van der Waals surface area contributed by atoms with E-state index in [1.54, 1.807) is 28.3 Å². The molecule has 0 aromatic carbocycles. The number of carbonyl (C=O) groups excluding carboxylic acids is 1. The number of fused-ring (bicyclic) bond motifs is 3. The first-order valence-electron chi connectivity index (χ1n) is 8.32. The number of hydrogen-bond donors (Lipinski definition) is 1. The Labute approximate surface area is 152 Å². The molecule has 8 heteroatoms. The number of aromatic nitrogens is 4. The lowest BCUT2D eigenvalue weighted by Gasteiger charge is -2.07. The maximum Gasteiger partial charge on any atom is 0.291 e.